The van der Waals surface area contributed by atoms with Crippen molar-refractivity contribution in [3.63, 3.8) is 0 Å². The summed E-state index contributed by atoms with van der Waals surface area (Å²) in [5, 5.41) is 6.35. The lowest BCUT2D eigenvalue weighted by atomic mass is 9.94. The second kappa shape index (κ2) is 5.15. The topological polar surface area (TPSA) is 24.1 Å². The molecule has 2 rings (SSSR count). The highest BCUT2D eigenvalue weighted by Gasteiger charge is 2.31. The lowest BCUT2D eigenvalue weighted by Gasteiger charge is -2.30. The Bertz CT molecular complexity index is 351. The van der Waals surface area contributed by atoms with Crippen LogP contribution in [0.4, 0.5) is 10.1 Å². The predicted octanol–water partition coefficient (Wildman–Crippen LogP) is 2.95. The molecule has 0 spiro atoms. The van der Waals surface area contributed by atoms with Crippen molar-refractivity contribution < 1.29 is 4.39 Å². The summed E-state index contributed by atoms with van der Waals surface area (Å²) in [6.45, 7) is 1.93. The summed E-state index contributed by atoms with van der Waals surface area (Å²) in [5.74, 6) is 0. The first-order chi connectivity index (χ1) is 7.70. The van der Waals surface area contributed by atoms with E-state index in [0.717, 1.165) is 23.2 Å². The van der Waals surface area contributed by atoms with Crippen molar-refractivity contribution >= 4 is 21.6 Å². The summed E-state index contributed by atoms with van der Waals surface area (Å²) in [5.41, 5.74) is -0.112. The Labute approximate surface area is 104 Å². The number of hydrogen-bond donors (Lipinski definition) is 2. The summed E-state index contributed by atoms with van der Waals surface area (Å²) in [6.07, 6.45) is 1.18. The quantitative estimate of drug-likeness (QED) is 0.893. The van der Waals surface area contributed by atoms with Gasteiger partial charge in [0, 0.05) is 16.7 Å². The van der Waals surface area contributed by atoms with Crippen molar-refractivity contribution in [2.45, 2.75) is 18.5 Å². The van der Waals surface area contributed by atoms with E-state index in [0.29, 0.717) is 19.4 Å². The fraction of sp³-hybridized carbons (Fsp3) is 0.500. The molecular weight excluding hydrogens is 271 g/mol. The Hall–Kier alpha value is -0.610. The van der Waals surface area contributed by atoms with E-state index >= 15 is 0 Å². The third kappa shape index (κ3) is 2.95. The van der Waals surface area contributed by atoms with Gasteiger partial charge < -0.3 is 10.6 Å². The molecule has 1 aliphatic heterocycles. The van der Waals surface area contributed by atoms with Crippen molar-refractivity contribution in [3.05, 3.63) is 28.7 Å². The van der Waals surface area contributed by atoms with Crippen LogP contribution in [0.5, 0.6) is 0 Å². The van der Waals surface area contributed by atoms with Crippen LogP contribution in [0.25, 0.3) is 0 Å². The molecule has 0 saturated carbocycles. The summed E-state index contributed by atoms with van der Waals surface area (Å²) >= 11 is 3.44. The molecule has 4 heteroatoms. The maximum atomic E-state index is 14.3. The molecule has 0 amide bonds. The molecule has 1 heterocycles. The number of rotatable bonds is 3. The lowest BCUT2D eigenvalue weighted by molar-refractivity contribution is 0.131. The molecule has 0 bridgehead atoms. The minimum absolute atomic E-state index is 0.386. The van der Waals surface area contributed by atoms with Crippen molar-refractivity contribution in [2.75, 3.05) is 25.0 Å². The molecule has 2 nitrogen and oxygen atoms in total. The maximum absolute atomic E-state index is 14.3. The molecule has 88 valence electrons. The Morgan fingerprint density at radius 1 is 1.31 bits per heavy atom. The van der Waals surface area contributed by atoms with Crippen LogP contribution in [-0.2, 0) is 0 Å². The Balaban J connectivity index is 1.94. The van der Waals surface area contributed by atoms with Crippen LogP contribution >= 0.6 is 15.9 Å². The minimum Gasteiger partial charge on any atom is -0.381 e. The molecule has 1 fully saturated rings. The van der Waals surface area contributed by atoms with Crippen molar-refractivity contribution in [1.29, 1.82) is 0 Å². The van der Waals surface area contributed by atoms with Crippen LogP contribution in [0.15, 0.2) is 28.7 Å². The molecule has 0 unspecified atom stereocenters. The van der Waals surface area contributed by atoms with E-state index in [-0.39, 0.29) is 0 Å². The van der Waals surface area contributed by atoms with E-state index in [4.69, 9.17) is 0 Å². The monoisotopic (exact) mass is 286 g/mol. The normalized spacial score (nSPS) is 19.4. The molecule has 2 N–H and O–H groups in total. The first-order valence-corrected chi connectivity index (χ1v) is 6.37. The average Bonchev–Trinajstić information content (AvgIpc) is 2.29. The van der Waals surface area contributed by atoms with Gasteiger partial charge in [-0.1, -0.05) is 12.1 Å². The second-order valence-corrected chi connectivity index (χ2v) is 5.09. The number of alkyl halides is 1. The van der Waals surface area contributed by atoms with Crippen LogP contribution in [0.1, 0.15) is 12.8 Å². The molecular formula is C12H16BrFN2. The van der Waals surface area contributed by atoms with Crippen LogP contribution in [-0.4, -0.2) is 25.3 Å². The molecule has 0 aromatic heterocycles. The van der Waals surface area contributed by atoms with E-state index < -0.39 is 5.67 Å². The van der Waals surface area contributed by atoms with E-state index in [1.165, 1.54) is 0 Å². The fourth-order valence-corrected chi connectivity index (χ4v) is 2.33. The summed E-state index contributed by atoms with van der Waals surface area (Å²) < 4.78 is 15.3. The predicted molar refractivity (Wildman–Crippen MR) is 68.6 cm³/mol. The van der Waals surface area contributed by atoms with Gasteiger partial charge in [0.1, 0.15) is 5.67 Å². The summed E-state index contributed by atoms with van der Waals surface area (Å²) in [4.78, 5) is 0. The molecule has 0 aliphatic carbocycles. The van der Waals surface area contributed by atoms with Gasteiger partial charge in [0.05, 0.1) is 0 Å². The summed E-state index contributed by atoms with van der Waals surface area (Å²) in [6, 6.07) is 7.80. The van der Waals surface area contributed by atoms with E-state index in [1.54, 1.807) is 0 Å². The SMILES string of the molecule is FC1(CNc2ccccc2Br)CCNCC1. The van der Waals surface area contributed by atoms with Gasteiger partial charge in [-0.3, -0.25) is 0 Å². The standard InChI is InChI=1S/C12H16BrFN2/c13-10-3-1-2-4-11(10)16-9-12(14)5-7-15-8-6-12/h1-4,15-16H,5-9H2. The molecule has 16 heavy (non-hydrogen) atoms. The van der Waals surface area contributed by atoms with Gasteiger partial charge in [-0.2, -0.15) is 0 Å². The van der Waals surface area contributed by atoms with E-state index in [2.05, 4.69) is 26.6 Å². The highest BCUT2D eigenvalue weighted by Crippen LogP contribution is 2.26. The van der Waals surface area contributed by atoms with E-state index in [9.17, 15) is 4.39 Å². The van der Waals surface area contributed by atoms with Gasteiger partial charge in [-0.05, 0) is 54.0 Å². The number of anilines is 1. The lowest BCUT2D eigenvalue weighted by Crippen LogP contribution is -2.43. The van der Waals surface area contributed by atoms with Gasteiger partial charge in [-0.25, -0.2) is 4.39 Å². The number of hydrogen-bond acceptors (Lipinski definition) is 2. The zero-order valence-electron chi connectivity index (χ0n) is 9.10. The zero-order chi connectivity index (χ0) is 11.4. The maximum Gasteiger partial charge on any atom is 0.130 e. The second-order valence-electron chi connectivity index (χ2n) is 4.23. The van der Waals surface area contributed by atoms with Gasteiger partial charge in [0.15, 0.2) is 0 Å². The van der Waals surface area contributed by atoms with Gasteiger partial charge >= 0.3 is 0 Å². The number of para-hydroxylation sites is 1. The van der Waals surface area contributed by atoms with Crippen LogP contribution in [0, 0.1) is 0 Å². The molecule has 1 saturated heterocycles. The average molecular weight is 287 g/mol. The highest BCUT2D eigenvalue weighted by molar-refractivity contribution is 9.10. The summed E-state index contributed by atoms with van der Waals surface area (Å²) in [7, 11) is 0. The Morgan fingerprint density at radius 3 is 2.69 bits per heavy atom. The van der Waals surface area contributed by atoms with Crippen LogP contribution in [0.3, 0.4) is 0 Å². The molecule has 1 aliphatic rings. The van der Waals surface area contributed by atoms with Gasteiger partial charge in [0.2, 0.25) is 0 Å². The van der Waals surface area contributed by atoms with Crippen LogP contribution in [0.2, 0.25) is 0 Å². The fourth-order valence-electron chi connectivity index (χ4n) is 1.91. The van der Waals surface area contributed by atoms with Crippen molar-refractivity contribution in [3.8, 4) is 0 Å². The number of nitrogens with one attached hydrogen (secondary N) is 2. The van der Waals surface area contributed by atoms with Crippen molar-refractivity contribution in [2.24, 2.45) is 0 Å². The number of benzene rings is 1. The number of piperidine rings is 1. The van der Waals surface area contributed by atoms with Crippen molar-refractivity contribution in [1.82, 2.24) is 5.32 Å². The third-order valence-corrected chi connectivity index (χ3v) is 3.66. The zero-order valence-corrected chi connectivity index (χ0v) is 10.7. The number of halogens is 2. The smallest absolute Gasteiger partial charge is 0.130 e. The molecule has 1 aromatic rings. The van der Waals surface area contributed by atoms with E-state index in [1.807, 2.05) is 24.3 Å². The first kappa shape index (κ1) is 11.9. The Morgan fingerprint density at radius 2 is 2.00 bits per heavy atom. The largest absolute Gasteiger partial charge is 0.381 e. The van der Waals surface area contributed by atoms with Crippen LogP contribution < -0.4 is 10.6 Å². The molecule has 0 radical (unpaired) electrons. The Kier molecular flexibility index (Phi) is 3.82. The van der Waals surface area contributed by atoms with Gasteiger partial charge in [-0.15, -0.1) is 0 Å². The first-order valence-electron chi connectivity index (χ1n) is 5.58. The minimum atomic E-state index is -1.07. The third-order valence-electron chi connectivity index (χ3n) is 2.97. The molecule has 1 aromatic carbocycles. The molecule has 0 atom stereocenters. The highest BCUT2D eigenvalue weighted by atomic mass is 79.9. The van der Waals surface area contributed by atoms with Gasteiger partial charge in [0.25, 0.3) is 0 Å².